The normalized spacial score (nSPS) is 11.9. The summed E-state index contributed by atoms with van der Waals surface area (Å²) in [5.41, 5.74) is 3.92. The lowest BCUT2D eigenvalue weighted by Crippen LogP contribution is -2.08. The maximum Gasteiger partial charge on any atom is 0.304 e. The molecule has 30 heavy (non-hydrogen) atoms. The van der Waals surface area contributed by atoms with E-state index in [9.17, 15) is 9.90 Å². The van der Waals surface area contributed by atoms with E-state index >= 15 is 0 Å². The molecular weight excluding hydrogens is 398 g/mol. The van der Waals surface area contributed by atoms with Gasteiger partial charge in [0, 0.05) is 21.7 Å². The number of hydrogen-bond acceptors (Lipinski definition) is 5. The minimum atomic E-state index is -0.884. The van der Waals surface area contributed by atoms with Crippen LogP contribution >= 0.6 is 11.3 Å². The molecule has 0 spiro atoms. The van der Waals surface area contributed by atoms with Crippen LogP contribution in [0.15, 0.2) is 77.5 Å². The Kier molecular flexibility index (Phi) is 5.95. The van der Waals surface area contributed by atoms with Crippen LogP contribution in [0.3, 0.4) is 0 Å². The van der Waals surface area contributed by atoms with Crippen molar-refractivity contribution in [2.24, 2.45) is 0 Å². The van der Waals surface area contributed by atoms with E-state index in [-0.39, 0.29) is 12.3 Å². The number of carboxylic acid groups (broad SMARTS) is 1. The molecule has 4 rings (SSSR count). The smallest absolute Gasteiger partial charge is 0.304 e. The van der Waals surface area contributed by atoms with E-state index in [2.05, 4.69) is 48.5 Å². The van der Waals surface area contributed by atoms with Crippen LogP contribution in [-0.4, -0.2) is 16.2 Å². The van der Waals surface area contributed by atoms with Gasteiger partial charge in [-0.2, -0.15) is 0 Å². The fourth-order valence-electron chi connectivity index (χ4n) is 3.25. The Morgan fingerprint density at radius 1 is 1.07 bits per heavy atom. The molecule has 5 nitrogen and oxygen atoms in total. The van der Waals surface area contributed by atoms with Crippen molar-refractivity contribution in [3.63, 3.8) is 0 Å². The molecule has 0 amide bonds. The van der Waals surface area contributed by atoms with Crippen LogP contribution in [0.25, 0.3) is 10.4 Å². The van der Waals surface area contributed by atoms with E-state index < -0.39 is 5.97 Å². The van der Waals surface area contributed by atoms with E-state index in [4.69, 9.17) is 9.26 Å². The first-order valence-electron chi connectivity index (χ1n) is 9.59. The van der Waals surface area contributed by atoms with E-state index in [0.717, 1.165) is 16.2 Å². The van der Waals surface area contributed by atoms with Crippen molar-refractivity contribution in [1.82, 2.24) is 5.16 Å². The lowest BCUT2D eigenvalue weighted by Gasteiger charge is -2.13. The summed E-state index contributed by atoms with van der Waals surface area (Å²) in [5.74, 6) is -0.506. The van der Waals surface area contributed by atoms with Crippen molar-refractivity contribution >= 4 is 17.3 Å². The van der Waals surface area contributed by atoms with Crippen LogP contribution in [0.5, 0.6) is 5.75 Å². The number of thiophene rings is 1. The van der Waals surface area contributed by atoms with Crippen LogP contribution in [0.1, 0.15) is 34.0 Å². The average molecular weight is 420 g/mol. The molecule has 1 N–H and O–H groups in total. The Morgan fingerprint density at radius 2 is 1.83 bits per heavy atom. The second kappa shape index (κ2) is 8.97. The van der Waals surface area contributed by atoms with Gasteiger partial charge in [-0.15, -0.1) is 11.3 Å². The highest BCUT2D eigenvalue weighted by atomic mass is 32.1. The number of aryl methyl sites for hydroxylation is 1. The quantitative estimate of drug-likeness (QED) is 0.385. The maximum atomic E-state index is 11.2. The van der Waals surface area contributed by atoms with E-state index in [1.807, 2.05) is 24.3 Å². The van der Waals surface area contributed by atoms with E-state index in [1.165, 1.54) is 22.3 Å². The first-order valence-corrected chi connectivity index (χ1v) is 10.4. The fraction of sp³-hybridized carbons (Fsp3) is 0.167. The molecule has 0 saturated carbocycles. The summed E-state index contributed by atoms with van der Waals surface area (Å²) in [6, 6.07) is 21.9. The highest BCUT2D eigenvalue weighted by molar-refractivity contribution is 7.15. The number of aromatic nitrogens is 1. The predicted molar refractivity (Wildman–Crippen MR) is 116 cm³/mol. The van der Waals surface area contributed by atoms with Gasteiger partial charge in [0.05, 0.1) is 12.1 Å². The Bertz CT molecular complexity index is 1100. The predicted octanol–water partition coefficient (Wildman–Crippen LogP) is 5.90. The summed E-state index contributed by atoms with van der Waals surface area (Å²) in [4.78, 5) is 13.6. The second-order valence-electron chi connectivity index (χ2n) is 7.06. The third-order valence-electron chi connectivity index (χ3n) is 4.85. The molecule has 0 saturated heterocycles. The van der Waals surface area contributed by atoms with Crippen molar-refractivity contribution in [3.8, 4) is 16.2 Å². The zero-order valence-corrected chi connectivity index (χ0v) is 17.3. The Balaban J connectivity index is 1.41. The van der Waals surface area contributed by atoms with Crippen molar-refractivity contribution in [1.29, 1.82) is 0 Å². The highest BCUT2D eigenvalue weighted by Gasteiger charge is 2.20. The second-order valence-corrected chi connectivity index (χ2v) is 8.23. The van der Waals surface area contributed by atoms with Gasteiger partial charge in [-0.05, 0) is 42.3 Å². The molecule has 2 aromatic heterocycles. The summed E-state index contributed by atoms with van der Waals surface area (Å²) in [6.07, 6.45) is 1.40. The molecular formula is C24H21NO4S. The van der Waals surface area contributed by atoms with Crippen molar-refractivity contribution < 1.29 is 19.2 Å². The largest absolute Gasteiger partial charge is 0.488 e. The van der Waals surface area contributed by atoms with Crippen LogP contribution in [0.2, 0.25) is 0 Å². The summed E-state index contributed by atoms with van der Waals surface area (Å²) in [6.45, 7) is 2.57. The van der Waals surface area contributed by atoms with Crippen LogP contribution in [-0.2, 0) is 11.4 Å². The summed E-state index contributed by atoms with van der Waals surface area (Å²) in [7, 11) is 0. The first kappa shape index (κ1) is 19.9. The number of ether oxygens (including phenoxy) is 1. The van der Waals surface area contributed by atoms with Crippen molar-refractivity contribution in [2.75, 3.05) is 0 Å². The van der Waals surface area contributed by atoms with Crippen molar-refractivity contribution in [3.05, 3.63) is 94.7 Å². The number of aliphatic carboxylic acids is 1. The van der Waals surface area contributed by atoms with Gasteiger partial charge in [-0.1, -0.05) is 47.1 Å². The van der Waals surface area contributed by atoms with Gasteiger partial charge < -0.3 is 14.4 Å². The zero-order chi connectivity index (χ0) is 20.9. The fourth-order valence-corrected chi connectivity index (χ4v) is 4.18. The number of benzene rings is 2. The third kappa shape index (κ3) is 4.78. The lowest BCUT2D eigenvalue weighted by atomic mass is 9.92. The molecule has 0 unspecified atom stereocenters. The van der Waals surface area contributed by atoms with E-state index in [0.29, 0.717) is 12.3 Å². The van der Waals surface area contributed by atoms with Crippen molar-refractivity contribution in [2.45, 2.75) is 25.9 Å². The molecule has 0 aliphatic heterocycles. The third-order valence-corrected chi connectivity index (χ3v) is 5.96. The highest BCUT2D eigenvalue weighted by Crippen LogP contribution is 2.31. The average Bonchev–Trinajstić information content (AvgIpc) is 3.44. The first-order chi connectivity index (χ1) is 14.6. The number of carbonyl (C=O) groups is 1. The molecule has 4 aromatic rings. The van der Waals surface area contributed by atoms with Gasteiger partial charge in [-0.25, -0.2) is 0 Å². The Hall–Kier alpha value is -3.38. The topological polar surface area (TPSA) is 72.6 Å². The minimum absolute atomic E-state index is 0.0519. The van der Waals surface area contributed by atoms with Gasteiger partial charge in [0.2, 0.25) is 0 Å². The number of rotatable bonds is 8. The molecule has 0 radical (unpaired) electrons. The Labute approximate surface area is 178 Å². The zero-order valence-electron chi connectivity index (χ0n) is 16.4. The summed E-state index contributed by atoms with van der Waals surface area (Å²) >= 11 is 1.72. The molecule has 2 heterocycles. The molecule has 0 aliphatic rings. The molecule has 0 aliphatic carbocycles. The van der Waals surface area contributed by atoms with Gasteiger partial charge in [0.15, 0.2) is 0 Å². The van der Waals surface area contributed by atoms with Crippen LogP contribution < -0.4 is 4.74 Å². The van der Waals surface area contributed by atoms with Crippen LogP contribution in [0.4, 0.5) is 0 Å². The van der Waals surface area contributed by atoms with Gasteiger partial charge in [0.25, 0.3) is 0 Å². The lowest BCUT2D eigenvalue weighted by molar-refractivity contribution is -0.137. The number of carboxylic acids is 1. The standard InChI is InChI=1S/C24H21NO4S/c1-16-2-4-18(5-3-16)23-11-10-20(30-23)15-28-19-8-6-17(7-9-19)21(14-24(26)27)22-12-13-29-25-22/h2-13,21H,14-15H2,1H3,(H,26,27)/t21-/m0/s1. The summed E-state index contributed by atoms with van der Waals surface area (Å²) in [5, 5.41) is 13.1. The van der Waals surface area contributed by atoms with Gasteiger partial charge in [0.1, 0.15) is 18.6 Å². The number of nitrogens with zero attached hydrogens (tertiary/aromatic N) is 1. The SMILES string of the molecule is Cc1ccc(-c2ccc(COc3ccc([C@H](CC(=O)O)c4ccon4)cc3)s2)cc1. The minimum Gasteiger partial charge on any atom is -0.488 e. The summed E-state index contributed by atoms with van der Waals surface area (Å²) < 4.78 is 10.8. The van der Waals surface area contributed by atoms with Crippen LogP contribution in [0, 0.1) is 6.92 Å². The molecule has 1 atom stereocenters. The molecule has 0 bridgehead atoms. The molecule has 6 heteroatoms. The molecule has 2 aromatic carbocycles. The number of hydrogen-bond donors (Lipinski definition) is 1. The maximum absolute atomic E-state index is 11.2. The monoisotopic (exact) mass is 419 g/mol. The van der Waals surface area contributed by atoms with E-state index in [1.54, 1.807) is 17.4 Å². The molecule has 0 fully saturated rings. The van der Waals surface area contributed by atoms with Gasteiger partial charge >= 0.3 is 5.97 Å². The molecule has 152 valence electrons. The van der Waals surface area contributed by atoms with Gasteiger partial charge in [-0.3, -0.25) is 4.79 Å². The Morgan fingerprint density at radius 3 is 2.50 bits per heavy atom.